The van der Waals surface area contributed by atoms with Gasteiger partial charge in [0.05, 0.1) is 17.6 Å². The number of halogens is 1. The molecule has 0 bridgehead atoms. The van der Waals surface area contributed by atoms with E-state index in [9.17, 15) is 14.0 Å². The van der Waals surface area contributed by atoms with Crippen molar-refractivity contribution in [1.29, 1.82) is 0 Å². The van der Waals surface area contributed by atoms with E-state index in [0.717, 1.165) is 10.2 Å². The van der Waals surface area contributed by atoms with Crippen molar-refractivity contribution in [2.75, 3.05) is 6.79 Å². The van der Waals surface area contributed by atoms with Crippen LogP contribution in [0.4, 0.5) is 4.39 Å². The van der Waals surface area contributed by atoms with Gasteiger partial charge in [-0.25, -0.2) is 13.8 Å². The van der Waals surface area contributed by atoms with Gasteiger partial charge in [0.15, 0.2) is 11.5 Å². The molecule has 0 aliphatic carbocycles. The second kappa shape index (κ2) is 8.62. The lowest BCUT2D eigenvalue weighted by Crippen LogP contribution is -2.34. The summed E-state index contributed by atoms with van der Waals surface area (Å²) in [6.45, 7) is 4.08. The number of rotatable bonds is 6. The molecule has 174 valence electrons. The predicted molar refractivity (Wildman–Crippen MR) is 122 cm³/mol. The van der Waals surface area contributed by atoms with Crippen molar-refractivity contribution >= 4 is 16.8 Å². The Morgan fingerprint density at radius 3 is 2.68 bits per heavy atom. The molecule has 5 rings (SSSR count). The third-order valence-electron chi connectivity index (χ3n) is 5.55. The topological polar surface area (TPSA) is 100 Å². The van der Waals surface area contributed by atoms with Crippen LogP contribution < -0.4 is 20.3 Å². The van der Waals surface area contributed by atoms with Crippen molar-refractivity contribution in [3.63, 3.8) is 0 Å². The van der Waals surface area contributed by atoms with E-state index in [1.807, 2.05) is 19.9 Å². The van der Waals surface area contributed by atoms with Crippen molar-refractivity contribution in [3.05, 3.63) is 76.1 Å². The lowest BCUT2D eigenvalue weighted by Gasteiger charge is -2.12. The number of aromatic nitrogens is 4. The SMILES string of the molecule is CC(C)c1nn(CC(=O)NCc2ccc3c(c2)OCO3)c(=O)c2c1cnn2-c1ccc(F)cc1. The fourth-order valence-electron chi connectivity index (χ4n) is 3.85. The normalized spacial score (nSPS) is 12.5. The van der Waals surface area contributed by atoms with E-state index in [1.54, 1.807) is 30.5 Å². The largest absolute Gasteiger partial charge is 0.454 e. The molecule has 34 heavy (non-hydrogen) atoms. The Hall–Kier alpha value is -4.21. The first-order chi connectivity index (χ1) is 16.4. The molecule has 3 heterocycles. The van der Waals surface area contributed by atoms with E-state index in [1.165, 1.54) is 16.8 Å². The molecule has 2 aromatic heterocycles. The molecule has 1 aliphatic heterocycles. The maximum atomic E-state index is 13.4. The summed E-state index contributed by atoms with van der Waals surface area (Å²) in [6, 6.07) is 11.1. The average molecular weight is 463 g/mol. The Morgan fingerprint density at radius 1 is 1.15 bits per heavy atom. The van der Waals surface area contributed by atoms with Gasteiger partial charge in [0, 0.05) is 11.9 Å². The molecule has 1 amide bonds. The first-order valence-corrected chi connectivity index (χ1v) is 10.8. The van der Waals surface area contributed by atoms with Crippen LogP contribution in [0.1, 0.15) is 31.0 Å². The molecule has 0 saturated carbocycles. The molecule has 0 saturated heterocycles. The van der Waals surface area contributed by atoms with E-state index in [4.69, 9.17) is 9.47 Å². The second-order valence-corrected chi connectivity index (χ2v) is 8.26. The average Bonchev–Trinajstić information content (AvgIpc) is 3.47. The predicted octanol–water partition coefficient (Wildman–Crippen LogP) is 2.89. The summed E-state index contributed by atoms with van der Waals surface area (Å²) in [5.74, 6) is 0.524. The minimum atomic E-state index is -0.459. The third kappa shape index (κ3) is 3.98. The summed E-state index contributed by atoms with van der Waals surface area (Å²) in [4.78, 5) is 26.0. The number of amides is 1. The molecule has 0 atom stereocenters. The number of nitrogens with one attached hydrogen (secondary N) is 1. The first kappa shape index (κ1) is 21.6. The summed E-state index contributed by atoms with van der Waals surface area (Å²) in [5.41, 5.74) is 1.85. The van der Waals surface area contributed by atoms with Crippen LogP contribution in [0, 0.1) is 5.82 Å². The van der Waals surface area contributed by atoms with Crippen LogP contribution in [0.25, 0.3) is 16.6 Å². The Balaban J connectivity index is 1.43. The van der Waals surface area contributed by atoms with Crippen LogP contribution in [0.15, 0.2) is 53.5 Å². The standard InChI is InChI=1S/C24H22FN5O4/c1-14(2)22-18-11-27-30(17-6-4-16(25)5-7-17)23(18)24(32)29(28-22)12-21(31)26-10-15-3-8-19-20(9-15)34-13-33-19/h3-9,11,14H,10,12-13H2,1-2H3,(H,26,31). The van der Waals surface area contributed by atoms with Gasteiger partial charge in [0.1, 0.15) is 17.9 Å². The van der Waals surface area contributed by atoms with Crippen molar-refractivity contribution < 1.29 is 18.7 Å². The van der Waals surface area contributed by atoms with Crippen LogP contribution in [0.2, 0.25) is 0 Å². The molecule has 10 heteroatoms. The maximum Gasteiger partial charge on any atom is 0.293 e. The number of fused-ring (bicyclic) bond motifs is 2. The number of benzene rings is 2. The van der Waals surface area contributed by atoms with Crippen LogP contribution in [0.3, 0.4) is 0 Å². The zero-order valence-electron chi connectivity index (χ0n) is 18.6. The summed E-state index contributed by atoms with van der Waals surface area (Å²) in [7, 11) is 0. The van der Waals surface area contributed by atoms with Crippen molar-refractivity contribution in [2.24, 2.45) is 0 Å². The monoisotopic (exact) mass is 463 g/mol. The second-order valence-electron chi connectivity index (χ2n) is 8.26. The quantitative estimate of drug-likeness (QED) is 0.472. The minimum Gasteiger partial charge on any atom is -0.454 e. The van der Waals surface area contributed by atoms with Crippen LogP contribution >= 0.6 is 0 Å². The van der Waals surface area contributed by atoms with Crippen molar-refractivity contribution in [2.45, 2.75) is 32.9 Å². The van der Waals surface area contributed by atoms with Crippen LogP contribution in [-0.2, 0) is 17.9 Å². The highest BCUT2D eigenvalue weighted by Crippen LogP contribution is 2.32. The molecule has 0 spiro atoms. The van der Waals surface area contributed by atoms with Crippen molar-refractivity contribution in [1.82, 2.24) is 24.9 Å². The molecule has 1 aliphatic rings. The molecule has 2 aromatic carbocycles. The minimum absolute atomic E-state index is 0.0167. The van der Waals surface area contributed by atoms with E-state index < -0.39 is 5.56 Å². The molecular formula is C24H22FN5O4. The fourth-order valence-corrected chi connectivity index (χ4v) is 3.85. The van der Waals surface area contributed by atoms with E-state index in [2.05, 4.69) is 15.5 Å². The zero-order chi connectivity index (χ0) is 23.8. The molecule has 4 aromatic rings. The summed E-state index contributed by atoms with van der Waals surface area (Å²) < 4.78 is 26.7. The maximum absolute atomic E-state index is 13.4. The lowest BCUT2D eigenvalue weighted by molar-refractivity contribution is -0.122. The fraction of sp³-hybridized carbons (Fsp3) is 0.250. The van der Waals surface area contributed by atoms with Gasteiger partial charge in [-0.15, -0.1) is 0 Å². The Kier molecular flexibility index (Phi) is 5.48. The number of hydrogen-bond donors (Lipinski definition) is 1. The number of nitrogens with zero attached hydrogens (tertiary/aromatic N) is 4. The highest BCUT2D eigenvalue weighted by Gasteiger charge is 2.20. The summed E-state index contributed by atoms with van der Waals surface area (Å²) in [6.07, 6.45) is 1.58. The van der Waals surface area contributed by atoms with Gasteiger partial charge < -0.3 is 14.8 Å². The van der Waals surface area contributed by atoms with Gasteiger partial charge in [0.25, 0.3) is 5.56 Å². The summed E-state index contributed by atoms with van der Waals surface area (Å²) in [5, 5.41) is 12.2. The number of ether oxygens (including phenoxy) is 2. The summed E-state index contributed by atoms with van der Waals surface area (Å²) >= 11 is 0. The highest BCUT2D eigenvalue weighted by molar-refractivity contribution is 5.82. The van der Waals surface area contributed by atoms with Gasteiger partial charge in [-0.05, 0) is 47.9 Å². The molecular weight excluding hydrogens is 441 g/mol. The van der Waals surface area contributed by atoms with Gasteiger partial charge in [-0.1, -0.05) is 19.9 Å². The van der Waals surface area contributed by atoms with E-state index >= 15 is 0 Å². The molecule has 1 N–H and O–H groups in total. The van der Waals surface area contributed by atoms with Crippen LogP contribution in [0.5, 0.6) is 11.5 Å². The third-order valence-corrected chi connectivity index (χ3v) is 5.55. The smallest absolute Gasteiger partial charge is 0.293 e. The lowest BCUT2D eigenvalue weighted by atomic mass is 10.1. The number of hydrogen-bond acceptors (Lipinski definition) is 6. The van der Waals surface area contributed by atoms with Gasteiger partial charge in [-0.2, -0.15) is 10.2 Å². The van der Waals surface area contributed by atoms with Gasteiger partial charge in [0.2, 0.25) is 12.7 Å². The number of carbonyl (C=O) groups is 1. The van der Waals surface area contributed by atoms with Crippen molar-refractivity contribution in [3.8, 4) is 17.2 Å². The Bertz CT molecular complexity index is 1440. The Morgan fingerprint density at radius 2 is 1.91 bits per heavy atom. The molecule has 0 radical (unpaired) electrons. The molecule has 0 unspecified atom stereocenters. The van der Waals surface area contributed by atoms with E-state index in [0.29, 0.717) is 28.3 Å². The number of carbonyl (C=O) groups excluding carboxylic acids is 1. The first-order valence-electron chi connectivity index (χ1n) is 10.8. The van der Waals surface area contributed by atoms with Gasteiger partial charge >= 0.3 is 0 Å². The molecule has 0 fully saturated rings. The highest BCUT2D eigenvalue weighted by atomic mass is 19.1. The van der Waals surface area contributed by atoms with Crippen LogP contribution in [-0.4, -0.2) is 32.3 Å². The van der Waals surface area contributed by atoms with Gasteiger partial charge in [-0.3, -0.25) is 9.59 Å². The molecule has 9 nitrogen and oxygen atoms in total. The van der Waals surface area contributed by atoms with E-state index in [-0.39, 0.29) is 43.0 Å². The zero-order valence-corrected chi connectivity index (χ0v) is 18.6. The Labute approximate surface area is 193 Å².